The van der Waals surface area contributed by atoms with E-state index < -0.39 is 5.82 Å². The molecule has 3 aromatic rings. The minimum Gasteiger partial charge on any atom is -0.330 e. The predicted octanol–water partition coefficient (Wildman–Crippen LogP) is 3.70. The lowest BCUT2D eigenvalue weighted by atomic mass is 10.0. The van der Waals surface area contributed by atoms with Crippen LogP contribution in [0.3, 0.4) is 0 Å². The van der Waals surface area contributed by atoms with Crippen molar-refractivity contribution in [3.63, 3.8) is 0 Å². The number of fused-ring (bicyclic) bond motifs is 1. The number of aromatic nitrogens is 3. The Balaban J connectivity index is 1.78. The minimum absolute atomic E-state index is 0.113. The summed E-state index contributed by atoms with van der Waals surface area (Å²) in [7, 11) is 1.88. The van der Waals surface area contributed by atoms with Gasteiger partial charge in [-0.2, -0.15) is 5.10 Å². The average Bonchev–Trinajstić information content (AvgIpc) is 3.19. The van der Waals surface area contributed by atoms with Crippen LogP contribution in [0.1, 0.15) is 46.2 Å². The summed E-state index contributed by atoms with van der Waals surface area (Å²) in [5.41, 5.74) is 4.16. The van der Waals surface area contributed by atoms with Gasteiger partial charge in [-0.1, -0.05) is 6.07 Å². The molecule has 2 aromatic heterocycles. The highest BCUT2D eigenvalue weighted by Crippen LogP contribution is 2.37. The molecule has 6 heteroatoms. The highest BCUT2D eigenvalue weighted by molar-refractivity contribution is 5.95. The summed E-state index contributed by atoms with van der Waals surface area (Å²) in [4.78, 5) is 19.4. The molecule has 4 rings (SSSR count). The molecule has 134 valence electrons. The van der Waals surface area contributed by atoms with Gasteiger partial charge in [0.1, 0.15) is 5.82 Å². The predicted molar refractivity (Wildman–Crippen MR) is 97.4 cm³/mol. The molecule has 0 unspecified atom stereocenters. The Morgan fingerprint density at radius 1 is 1.27 bits per heavy atom. The van der Waals surface area contributed by atoms with E-state index in [4.69, 9.17) is 5.10 Å². The van der Waals surface area contributed by atoms with Crippen molar-refractivity contribution in [1.82, 2.24) is 19.7 Å². The number of benzene rings is 1. The first-order chi connectivity index (χ1) is 12.5. The maximum atomic E-state index is 13.5. The fourth-order valence-corrected chi connectivity index (χ4v) is 3.94. The number of carbonyl (C=O) groups excluding carboxylic acids is 1. The SMILES string of the molecule is Cc1cc(C)c2c([C@H]3CCCN3C(=O)c3cccc(F)c3)nn(C)c2n1. The zero-order valence-electron chi connectivity index (χ0n) is 15.2. The van der Waals surface area contributed by atoms with E-state index in [2.05, 4.69) is 11.9 Å². The van der Waals surface area contributed by atoms with Gasteiger partial charge in [-0.25, -0.2) is 9.37 Å². The van der Waals surface area contributed by atoms with Crippen molar-refractivity contribution < 1.29 is 9.18 Å². The zero-order chi connectivity index (χ0) is 18.4. The normalized spacial score (nSPS) is 17.2. The Morgan fingerprint density at radius 3 is 2.85 bits per heavy atom. The van der Waals surface area contributed by atoms with E-state index in [1.54, 1.807) is 16.8 Å². The smallest absolute Gasteiger partial charge is 0.254 e. The van der Waals surface area contributed by atoms with Gasteiger partial charge < -0.3 is 4.90 Å². The quantitative estimate of drug-likeness (QED) is 0.707. The fraction of sp³-hybridized carbons (Fsp3) is 0.350. The number of aryl methyl sites for hydroxylation is 3. The Labute approximate surface area is 151 Å². The van der Waals surface area contributed by atoms with Gasteiger partial charge in [0.2, 0.25) is 0 Å². The molecule has 26 heavy (non-hydrogen) atoms. The topological polar surface area (TPSA) is 51.0 Å². The van der Waals surface area contributed by atoms with E-state index in [-0.39, 0.29) is 11.9 Å². The van der Waals surface area contributed by atoms with Gasteiger partial charge in [-0.05, 0) is 56.5 Å². The molecule has 1 amide bonds. The van der Waals surface area contributed by atoms with Crippen molar-refractivity contribution in [2.75, 3.05) is 6.54 Å². The number of hydrogen-bond acceptors (Lipinski definition) is 3. The highest BCUT2D eigenvalue weighted by atomic mass is 19.1. The molecule has 0 aliphatic carbocycles. The van der Waals surface area contributed by atoms with Gasteiger partial charge in [-0.15, -0.1) is 0 Å². The number of carbonyl (C=O) groups is 1. The second-order valence-electron chi connectivity index (χ2n) is 6.95. The molecule has 0 spiro atoms. The standard InChI is InChI=1S/C20H21FN4O/c1-12-10-13(2)22-19-17(12)18(23-24(19)3)16-8-5-9-25(16)20(26)14-6-4-7-15(21)11-14/h4,6-7,10-11,16H,5,8-9H2,1-3H3/t16-/m1/s1. The van der Waals surface area contributed by atoms with Crippen molar-refractivity contribution in [2.45, 2.75) is 32.7 Å². The lowest BCUT2D eigenvalue weighted by Crippen LogP contribution is -2.31. The Kier molecular flexibility index (Phi) is 3.98. The number of amides is 1. The Morgan fingerprint density at radius 2 is 2.08 bits per heavy atom. The molecule has 1 aromatic carbocycles. The molecule has 1 saturated heterocycles. The first kappa shape index (κ1) is 16.7. The number of rotatable bonds is 2. The van der Waals surface area contributed by atoms with E-state index >= 15 is 0 Å². The molecular weight excluding hydrogens is 331 g/mol. The van der Waals surface area contributed by atoms with Crippen LogP contribution in [0, 0.1) is 19.7 Å². The van der Waals surface area contributed by atoms with Crippen LogP contribution < -0.4 is 0 Å². The molecule has 1 aliphatic heterocycles. The third kappa shape index (κ3) is 2.66. The second kappa shape index (κ2) is 6.20. The summed E-state index contributed by atoms with van der Waals surface area (Å²) < 4.78 is 15.3. The molecule has 1 atom stereocenters. The first-order valence-electron chi connectivity index (χ1n) is 8.83. The van der Waals surface area contributed by atoms with Crippen molar-refractivity contribution in [1.29, 1.82) is 0 Å². The third-order valence-electron chi connectivity index (χ3n) is 5.05. The third-order valence-corrected chi connectivity index (χ3v) is 5.05. The summed E-state index contributed by atoms with van der Waals surface area (Å²) in [5, 5.41) is 5.72. The van der Waals surface area contributed by atoms with Gasteiger partial charge in [0.05, 0.1) is 11.7 Å². The molecule has 0 bridgehead atoms. The molecule has 1 fully saturated rings. The van der Waals surface area contributed by atoms with Crippen LogP contribution in [0.25, 0.3) is 11.0 Å². The largest absolute Gasteiger partial charge is 0.330 e. The lowest BCUT2D eigenvalue weighted by Gasteiger charge is -2.24. The number of nitrogens with zero attached hydrogens (tertiary/aromatic N) is 4. The lowest BCUT2D eigenvalue weighted by molar-refractivity contribution is 0.0733. The van der Waals surface area contributed by atoms with E-state index in [1.807, 2.05) is 24.9 Å². The summed E-state index contributed by atoms with van der Waals surface area (Å²) in [5.74, 6) is -0.547. The molecule has 5 nitrogen and oxygen atoms in total. The van der Waals surface area contributed by atoms with Crippen LogP contribution in [0.15, 0.2) is 30.3 Å². The minimum atomic E-state index is -0.398. The summed E-state index contributed by atoms with van der Waals surface area (Å²) in [6.45, 7) is 4.67. The maximum absolute atomic E-state index is 13.5. The summed E-state index contributed by atoms with van der Waals surface area (Å²) in [6, 6.07) is 7.81. The maximum Gasteiger partial charge on any atom is 0.254 e. The molecule has 0 saturated carbocycles. The van der Waals surface area contributed by atoms with Gasteiger partial charge in [0, 0.05) is 30.2 Å². The van der Waals surface area contributed by atoms with Gasteiger partial charge in [-0.3, -0.25) is 9.48 Å². The highest BCUT2D eigenvalue weighted by Gasteiger charge is 2.34. The Bertz CT molecular complexity index is 1010. The van der Waals surface area contributed by atoms with Crippen LogP contribution in [-0.2, 0) is 7.05 Å². The average molecular weight is 352 g/mol. The van der Waals surface area contributed by atoms with E-state index in [1.165, 1.54) is 12.1 Å². The summed E-state index contributed by atoms with van der Waals surface area (Å²) in [6.07, 6.45) is 1.75. The van der Waals surface area contributed by atoms with Crippen LogP contribution in [-0.4, -0.2) is 32.1 Å². The zero-order valence-corrected chi connectivity index (χ0v) is 15.2. The second-order valence-corrected chi connectivity index (χ2v) is 6.95. The summed E-state index contributed by atoms with van der Waals surface area (Å²) >= 11 is 0. The number of hydrogen-bond donors (Lipinski definition) is 0. The monoisotopic (exact) mass is 352 g/mol. The van der Waals surface area contributed by atoms with Crippen molar-refractivity contribution in [3.05, 3.63) is 58.7 Å². The van der Waals surface area contributed by atoms with Crippen LogP contribution in [0.5, 0.6) is 0 Å². The van der Waals surface area contributed by atoms with Gasteiger partial charge >= 0.3 is 0 Å². The fourth-order valence-electron chi connectivity index (χ4n) is 3.94. The van der Waals surface area contributed by atoms with Crippen LogP contribution in [0.2, 0.25) is 0 Å². The number of halogens is 1. The molecule has 0 N–H and O–H groups in total. The number of likely N-dealkylation sites (tertiary alicyclic amines) is 1. The van der Waals surface area contributed by atoms with E-state index in [0.717, 1.165) is 40.8 Å². The number of pyridine rings is 1. The van der Waals surface area contributed by atoms with Crippen LogP contribution in [0.4, 0.5) is 4.39 Å². The van der Waals surface area contributed by atoms with Crippen LogP contribution >= 0.6 is 0 Å². The van der Waals surface area contributed by atoms with E-state index in [9.17, 15) is 9.18 Å². The molecule has 1 aliphatic rings. The van der Waals surface area contributed by atoms with E-state index in [0.29, 0.717) is 12.1 Å². The van der Waals surface area contributed by atoms with Gasteiger partial charge in [0.25, 0.3) is 5.91 Å². The Hall–Kier alpha value is -2.76. The van der Waals surface area contributed by atoms with Crippen molar-refractivity contribution in [2.24, 2.45) is 7.05 Å². The van der Waals surface area contributed by atoms with Crippen molar-refractivity contribution >= 4 is 16.9 Å². The van der Waals surface area contributed by atoms with Gasteiger partial charge in [0.15, 0.2) is 5.65 Å². The molecule has 3 heterocycles. The molecule has 0 radical (unpaired) electrons. The van der Waals surface area contributed by atoms with Crippen molar-refractivity contribution in [3.8, 4) is 0 Å². The first-order valence-corrected chi connectivity index (χ1v) is 8.83. The molecular formula is C20H21FN4O.